The Hall–Kier alpha value is -1.94. The summed E-state index contributed by atoms with van der Waals surface area (Å²) in [6.07, 6.45) is 0. The quantitative estimate of drug-likeness (QED) is 0.787. The van der Waals surface area contributed by atoms with Crippen molar-refractivity contribution in [3.05, 3.63) is 51.2 Å². The van der Waals surface area contributed by atoms with Crippen LogP contribution in [-0.4, -0.2) is 11.7 Å². The van der Waals surface area contributed by atoms with E-state index in [1.807, 2.05) is 37.4 Å². The number of nitrogens with zero attached hydrogens (tertiary/aromatic N) is 1. The molecule has 0 saturated heterocycles. The van der Waals surface area contributed by atoms with Gasteiger partial charge in [0.2, 0.25) is 0 Å². The van der Waals surface area contributed by atoms with E-state index in [2.05, 4.69) is 0 Å². The molecule has 0 aliphatic carbocycles. The van der Waals surface area contributed by atoms with Crippen LogP contribution in [0.5, 0.6) is 0 Å². The van der Waals surface area contributed by atoms with Crippen LogP contribution in [0.4, 0.5) is 5.69 Å². The SMILES string of the molecule is Cc1cc(C)c2c(c1)C(=O)C(=O)N2Cc1cccs1. The molecule has 19 heavy (non-hydrogen) atoms. The van der Waals surface area contributed by atoms with Crippen molar-refractivity contribution < 1.29 is 9.59 Å². The number of carbonyl (C=O) groups excluding carboxylic acids is 2. The maximum atomic E-state index is 12.1. The van der Waals surface area contributed by atoms with Crippen molar-refractivity contribution in [2.75, 3.05) is 4.90 Å². The summed E-state index contributed by atoms with van der Waals surface area (Å²) >= 11 is 1.59. The van der Waals surface area contributed by atoms with Gasteiger partial charge in [0.15, 0.2) is 0 Å². The molecule has 0 radical (unpaired) electrons. The molecule has 1 amide bonds. The Morgan fingerprint density at radius 3 is 2.68 bits per heavy atom. The minimum absolute atomic E-state index is 0.390. The summed E-state index contributed by atoms with van der Waals surface area (Å²) in [5.41, 5.74) is 3.30. The number of rotatable bonds is 2. The fraction of sp³-hybridized carbons (Fsp3) is 0.200. The van der Waals surface area contributed by atoms with E-state index >= 15 is 0 Å². The second kappa shape index (κ2) is 4.31. The molecule has 1 aromatic heterocycles. The molecule has 3 nitrogen and oxygen atoms in total. The van der Waals surface area contributed by atoms with Gasteiger partial charge in [-0.2, -0.15) is 0 Å². The number of fused-ring (bicyclic) bond motifs is 1. The Labute approximate surface area is 115 Å². The number of aryl methyl sites for hydroxylation is 2. The minimum Gasteiger partial charge on any atom is -0.299 e. The van der Waals surface area contributed by atoms with Crippen LogP contribution in [0.3, 0.4) is 0 Å². The molecule has 4 heteroatoms. The Morgan fingerprint density at radius 2 is 2.00 bits per heavy atom. The first-order valence-corrected chi connectivity index (χ1v) is 6.95. The van der Waals surface area contributed by atoms with Crippen molar-refractivity contribution in [2.24, 2.45) is 0 Å². The van der Waals surface area contributed by atoms with Crippen molar-refractivity contribution in [2.45, 2.75) is 20.4 Å². The van der Waals surface area contributed by atoms with E-state index in [1.54, 1.807) is 22.3 Å². The van der Waals surface area contributed by atoms with Gasteiger partial charge in [0.05, 0.1) is 17.8 Å². The molecule has 0 unspecified atom stereocenters. The number of amides is 1. The monoisotopic (exact) mass is 271 g/mol. The number of anilines is 1. The number of thiophene rings is 1. The molecule has 0 atom stereocenters. The highest BCUT2D eigenvalue weighted by Gasteiger charge is 2.37. The summed E-state index contributed by atoms with van der Waals surface area (Å²) in [5, 5.41) is 1.97. The van der Waals surface area contributed by atoms with Crippen molar-refractivity contribution in [3.63, 3.8) is 0 Å². The molecule has 0 fully saturated rings. The van der Waals surface area contributed by atoms with Crippen LogP contribution in [0, 0.1) is 13.8 Å². The van der Waals surface area contributed by atoms with Gasteiger partial charge < -0.3 is 0 Å². The highest BCUT2D eigenvalue weighted by atomic mass is 32.1. The maximum Gasteiger partial charge on any atom is 0.299 e. The topological polar surface area (TPSA) is 37.4 Å². The van der Waals surface area contributed by atoms with Crippen molar-refractivity contribution >= 4 is 28.7 Å². The third-order valence-corrected chi connectivity index (χ3v) is 4.15. The van der Waals surface area contributed by atoms with E-state index in [-0.39, 0.29) is 0 Å². The molecule has 3 rings (SSSR count). The molecular formula is C15H13NO2S. The highest BCUT2D eigenvalue weighted by Crippen LogP contribution is 2.34. The molecule has 1 aromatic carbocycles. The zero-order valence-corrected chi connectivity index (χ0v) is 11.6. The van der Waals surface area contributed by atoms with E-state index in [0.717, 1.165) is 21.7 Å². The summed E-state index contributed by atoms with van der Waals surface area (Å²) < 4.78 is 0. The van der Waals surface area contributed by atoms with Crippen LogP contribution in [0.25, 0.3) is 0 Å². The van der Waals surface area contributed by atoms with Gasteiger partial charge >= 0.3 is 0 Å². The van der Waals surface area contributed by atoms with Crippen molar-refractivity contribution in [3.8, 4) is 0 Å². The number of carbonyl (C=O) groups is 2. The largest absolute Gasteiger partial charge is 0.299 e. The van der Waals surface area contributed by atoms with E-state index in [4.69, 9.17) is 0 Å². The van der Waals surface area contributed by atoms with Gasteiger partial charge in [-0.15, -0.1) is 11.3 Å². The molecule has 0 N–H and O–H groups in total. The summed E-state index contributed by atoms with van der Waals surface area (Å²) in [6, 6.07) is 7.73. The van der Waals surface area contributed by atoms with Crippen molar-refractivity contribution in [1.29, 1.82) is 0 Å². The predicted octanol–water partition coefficient (Wildman–Crippen LogP) is 3.09. The van der Waals surface area contributed by atoms with Gasteiger partial charge in [-0.25, -0.2) is 0 Å². The average Bonchev–Trinajstić information content (AvgIpc) is 2.93. The summed E-state index contributed by atoms with van der Waals surface area (Å²) in [7, 11) is 0. The first-order chi connectivity index (χ1) is 9.08. The number of ketones is 1. The number of hydrogen-bond donors (Lipinski definition) is 0. The Bertz CT molecular complexity index is 674. The summed E-state index contributed by atoms with van der Waals surface area (Å²) in [4.78, 5) is 26.9. The van der Waals surface area contributed by atoms with Crippen LogP contribution < -0.4 is 4.90 Å². The summed E-state index contributed by atoms with van der Waals surface area (Å²) in [6.45, 7) is 4.35. The van der Waals surface area contributed by atoms with Crippen LogP contribution >= 0.6 is 11.3 Å². The zero-order chi connectivity index (χ0) is 13.6. The van der Waals surface area contributed by atoms with Gasteiger partial charge in [-0.1, -0.05) is 12.1 Å². The zero-order valence-electron chi connectivity index (χ0n) is 10.8. The standard InChI is InChI=1S/C15H13NO2S/c1-9-6-10(2)13-12(7-9)14(17)15(18)16(13)8-11-4-3-5-19-11/h3-7H,8H2,1-2H3. The number of hydrogen-bond acceptors (Lipinski definition) is 3. The van der Waals surface area contributed by atoms with Gasteiger partial charge in [-0.3, -0.25) is 14.5 Å². The van der Waals surface area contributed by atoms with E-state index in [1.165, 1.54) is 0 Å². The first kappa shape index (κ1) is 12.1. The lowest BCUT2D eigenvalue weighted by Crippen LogP contribution is -2.29. The first-order valence-electron chi connectivity index (χ1n) is 6.08. The van der Waals surface area contributed by atoms with Crippen molar-refractivity contribution in [1.82, 2.24) is 0 Å². The van der Waals surface area contributed by atoms with Crippen LogP contribution in [0.1, 0.15) is 26.4 Å². The maximum absolute atomic E-state index is 12.1. The van der Waals surface area contributed by atoms with Crippen LogP contribution in [-0.2, 0) is 11.3 Å². The van der Waals surface area contributed by atoms with E-state index in [0.29, 0.717) is 12.1 Å². The van der Waals surface area contributed by atoms with Gasteiger partial charge in [-0.05, 0) is 42.5 Å². The van der Waals surface area contributed by atoms with Gasteiger partial charge in [0, 0.05) is 4.88 Å². The molecule has 2 heterocycles. The lowest BCUT2D eigenvalue weighted by Gasteiger charge is -2.17. The number of Topliss-reactive ketones (excluding diaryl/α,β-unsaturated/α-hetero) is 1. The fourth-order valence-corrected chi connectivity index (χ4v) is 3.23. The molecule has 0 spiro atoms. The average molecular weight is 271 g/mol. The second-order valence-electron chi connectivity index (χ2n) is 4.78. The fourth-order valence-electron chi connectivity index (χ4n) is 2.54. The molecule has 2 aromatic rings. The molecule has 96 valence electrons. The van der Waals surface area contributed by atoms with Gasteiger partial charge in [0.1, 0.15) is 0 Å². The molecule has 1 aliphatic rings. The third-order valence-electron chi connectivity index (χ3n) is 3.29. The van der Waals surface area contributed by atoms with E-state index in [9.17, 15) is 9.59 Å². The number of benzene rings is 1. The van der Waals surface area contributed by atoms with Crippen LogP contribution in [0.15, 0.2) is 29.6 Å². The lowest BCUT2D eigenvalue weighted by atomic mass is 10.0. The Morgan fingerprint density at radius 1 is 1.21 bits per heavy atom. The molecule has 1 aliphatic heterocycles. The Balaban J connectivity index is 2.09. The van der Waals surface area contributed by atoms with Gasteiger partial charge in [0.25, 0.3) is 11.7 Å². The third kappa shape index (κ3) is 1.88. The second-order valence-corrected chi connectivity index (χ2v) is 5.81. The van der Waals surface area contributed by atoms with E-state index < -0.39 is 11.7 Å². The van der Waals surface area contributed by atoms with Crippen LogP contribution in [0.2, 0.25) is 0 Å². The molecule has 0 bridgehead atoms. The normalized spacial score (nSPS) is 14.1. The lowest BCUT2D eigenvalue weighted by molar-refractivity contribution is -0.114. The molecular weight excluding hydrogens is 258 g/mol. The smallest absolute Gasteiger partial charge is 0.299 e. The summed E-state index contributed by atoms with van der Waals surface area (Å²) in [5.74, 6) is -0.810. The Kier molecular flexibility index (Phi) is 2.75. The highest BCUT2D eigenvalue weighted by molar-refractivity contribution is 7.09. The molecule has 0 saturated carbocycles. The predicted molar refractivity (Wildman–Crippen MR) is 75.8 cm³/mol. The minimum atomic E-state index is -0.419.